The molecule has 0 bridgehead atoms. The van der Waals surface area contributed by atoms with E-state index < -0.39 is 17.8 Å². The maximum Gasteiger partial charge on any atom is 0.316 e. The van der Waals surface area contributed by atoms with Crippen molar-refractivity contribution in [2.75, 3.05) is 22.6 Å². The number of primary amides is 1. The molecular weight excluding hydrogens is 376 g/mol. The standard InChI is InChI=1S/C20H18N4O5/c21-20(27)24-14-5-1-4-13(10-14)22-18(25)12-29-16-7-2-6-15(11-16)23-19(26)17-8-3-9-28-17/h1-11H,12H2,(H,22,25)(H,23,26)(H3,21,24,27). The minimum Gasteiger partial charge on any atom is -0.484 e. The number of nitrogens with two attached hydrogens (primary N) is 1. The molecule has 29 heavy (non-hydrogen) atoms. The van der Waals surface area contributed by atoms with Crippen molar-refractivity contribution in [2.45, 2.75) is 0 Å². The first-order valence-corrected chi connectivity index (χ1v) is 8.54. The zero-order valence-electron chi connectivity index (χ0n) is 15.2. The highest BCUT2D eigenvalue weighted by atomic mass is 16.5. The van der Waals surface area contributed by atoms with Crippen LogP contribution >= 0.6 is 0 Å². The van der Waals surface area contributed by atoms with Crippen molar-refractivity contribution in [3.63, 3.8) is 0 Å². The van der Waals surface area contributed by atoms with Gasteiger partial charge >= 0.3 is 6.03 Å². The van der Waals surface area contributed by atoms with Gasteiger partial charge in [0, 0.05) is 23.1 Å². The van der Waals surface area contributed by atoms with E-state index >= 15 is 0 Å². The monoisotopic (exact) mass is 394 g/mol. The van der Waals surface area contributed by atoms with Gasteiger partial charge in [-0.05, 0) is 42.5 Å². The minimum atomic E-state index is -0.698. The normalized spacial score (nSPS) is 10.1. The van der Waals surface area contributed by atoms with Gasteiger partial charge in [-0.3, -0.25) is 9.59 Å². The fourth-order valence-electron chi connectivity index (χ4n) is 2.43. The Morgan fingerprint density at radius 2 is 1.55 bits per heavy atom. The average molecular weight is 394 g/mol. The van der Waals surface area contributed by atoms with E-state index in [9.17, 15) is 14.4 Å². The molecule has 0 spiro atoms. The molecule has 0 saturated heterocycles. The highest BCUT2D eigenvalue weighted by Gasteiger charge is 2.10. The lowest BCUT2D eigenvalue weighted by atomic mass is 10.2. The third-order valence-corrected chi connectivity index (χ3v) is 3.62. The molecular formula is C20H18N4O5. The topological polar surface area (TPSA) is 136 Å². The molecule has 0 fully saturated rings. The number of furan rings is 1. The lowest BCUT2D eigenvalue weighted by Gasteiger charge is -2.10. The summed E-state index contributed by atoms with van der Waals surface area (Å²) >= 11 is 0. The van der Waals surface area contributed by atoms with Crippen LogP contribution in [0.4, 0.5) is 21.9 Å². The van der Waals surface area contributed by atoms with Crippen LogP contribution in [0.5, 0.6) is 5.75 Å². The van der Waals surface area contributed by atoms with Crippen LogP contribution in [0, 0.1) is 0 Å². The van der Waals surface area contributed by atoms with Crippen molar-refractivity contribution in [2.24, 2.45) is 5.73 Å². The van der Waals surface area contributed by atoms with Crippen molar-refractivity contribution in [3.8, 4) is 5.75 Å². The number of hydrogen-bond donors (Lipinski definition) is 4. The van der Waals surface area contributed by atoms with E-state index in [1.807, 2.05) is 0 Å². The van der Waals surface area contributed by atoms with Crippen LogP contribution in [0.2, 0.25) is 0 Å². The number of carbonyl (C=O) groups is 3. The van der Waals surface area contributed by atoms with Gasteiger partial charge in [0.05, 0.1) is 6.26 Å². The van der Waals surface area contributed by atoms with Gasteiger partial charge in [-0.25, -0.2) is 4.79 Å². The first kappa shape index (κ1) is 19.5. The summed E-state index contributed by atoms with van der Waals surface area (Å²) in [6.45, 7) is -0.247. The van der Waals surface area contributed by atoms with Gasteiger partial charge in [0.15, 0.2) is 12.4 Å². The molecule has 0 aliphatic heterocycles. The summed E-state index contributed by atoms with van der Waals surface area (Å²) in [6.07, 6.45) is 1.41. The summed E-state index contributed by atoms with van der Waals surface area (Å²) in [6, 6.07) is 15.6. The van der Waals surface area contributed by atoms with E-state index in [0.29, 0.717) is 22.8 Å². The second-order valence-corrected chi connectivity index (χ2v) is 5.87. The summed E-state index contributed by atoms with van der Waals surface area (Å²) < 4.78 is 10.5. The molecule has 2 aromatic carbocycles. The molecule has 9 nitrogen and oxygen atoms in total. The molecule has 0 saturated carbocycles. The molecule has 148 valence electrons. The van der Waals surface area contributed by atoms with Crippen LogP contribution in [-0.2, 0) is 4.79 Å². The van der Waals surface area contributed by atoms with Gasteiger partial charge in [0.25, 0.3) is 11.8 Å². The Hall–Kier alpha value is -4.27. The van der Waals surface area contributed by atoms with Crippen LogP contribution in [-0.4, -0.2) is 24.5 Å². The molecule has 0 radical (unpaired) electrons. The molecule has 3 aromatic rings. The van der Waals surface area contributed by atoms with Crippen molar-refractivity contribution in [1.29, 1.82) is 0 Å². The van der Waals surface area contributed by atoms with Gasteiger partial charge < -0.3 is 30.8 Å². The number of ether oxygens (including phenoxy) is 1. The number of urea groups is 1. The number of benzene rings is 2. The Morgan fingerprint density at radius 3 is 2.24 bits per heavy atom. The Balaban J connectivity index is 1.54. The highest BCUT2D eigenvalue weighted by Crippen LogP contribution is 2.19. The number of rotatable bonds is 7. The van der Waals surface area contributed by atoms with Crippen molar-refractivity contribution >= 4 is 34.9 Å². The average Bonchev–Trinajstić information content (AvgIpc) is 3.21. The Kier molecular flexibility index (Phi) is 6.11. The maximum atomic E-state index is 12.1. The Labute approximate surface area is 165 Å². The number of carbonyl (C=O) groups excluding carboxylic acids is 3. The molecule has 0 aliphatic carbocycles. The highest BCUT2D eigenvalue weighted by molar-refractivity contribution is 6.02. The molecule has 0 atom stereocenters. The summed E-state index contributed by atoms with van der Waals surface area (Å²) in [4.78, 5) is 35.0. The van der Waals surface area contributed by atoms with E-state index in [-0.39, 0.29) is 12.4 Å². The SMILES string of the molecule is NC(=O)Nc1cccc(NC(=O)COc2cccc(NC(=O)c3ccco3)c2)c1. The van der Waals surface area contributed by atoms with E-state index in [2.05, 4.69) is 16.0 Å². The van der Waals surface area contributed by atoms with E-state index in [4.69, 9.17) is 14.9 Å². The fourth-order valence-corrected chi connectivity index (χ4v) is 2.43. The van der Waals surface area contributed by atoms with Crippen LogP contribution in [0.1, 0.15) is 10.6 Å². The molecule has 4 amide bonds. The number of anilines is 3. The maximum absolute atomic E-state index is 12.1. The van der Waals surface area contributed by atoms with Crippen LogP contribution < -0.4 is 26.4 Å². The summed E-state index contributed by atoms with van der Waals surface area (Å²) in [5, 5.41) is 7.75. The first-order chi connectivity index (χ1) is 14.0. The molecule has 0 unspecified atom stereocenters. The third-order valence-electron chi connectivity index (χ3n) is 3.62. The third kappa shape index (κ3) is 5.86. The lowest BCUT2D eigenvalue weighted by Crippen LogP contribution is -2.21. The number of hydrogen-bond acceptors (Lipinski definition) is 5. The molecule has 5 N–H and O–H groups in total. The van der Waals surface area contributed by atoms with Gasteiger partial charge in [-0.1, -0.05) is 12.1 Å². The van der Waals surface area contributed by atoms with Crippen molar-refractivity contribution in [1.82, 2.24) is 0 Å². The quantitative estimate of drug-likeness (QED) is 0.488. The van der Waals surface area contributed by atoms with Gasteiger partial charge in [0.2, 0.25) is 0 Å². The van der Waals surface area contributed by atoms with Crippen LogP contribution in [0.15, 0.2) is 71.3 Å². The zero-order valence-corrected chi connectivity index (χ0v) is 15.2. The van der Waals surface area contributed by atoms with Gasteiger partial charge in [0.1, 0.15) is 5.75 Å². The second-order valence-electron chi connectivity index (χ2n) is 5.87. The smallest absolute Gasteiger partial charge is 0.316 e. The summed E-state index contributed by atoms with van der Waals surface area (Å²) in [5.74, 6) is -0.203. The number of amides is 4. The predicted molar refractivity (Wildman–Crippen MR) is 107 cm³/mol. The Bertz CT molecular complexity index is 1020. The molecule has 1 heterocycles. The largest absolute Gasteiger partial charge is 0.484 e. The zero-order chi connectivity index (χ0) is 20.6. The Morgan fingerprint density at radius 1 is 0.862 bits per heavy atom. The molecule has 9 heteroatoms. The summed E-state index contributed by atoms with van der Waals surface area (Å²) in [7, 11) is 0. The van der Waals surface area contributed by atoms with Gasteiger partial charge in [-0.15, -0.1) is 0 Å². The molecule has 3 rings (SSSR count). The van der Waals surface area contributed by atoms with Gasteiger partial charge in [-0.2, -0.15) is 0 Å². The molecule has 1 aromatic heterocycles. The molecule has 0 aliphatic rings. The fraction of sp³-hybridized carbons (Fsp3) is 0.0500. The second kappa shape index (κ2) is 9.09. The van der Waals surface area contributed by atoms with E-state index in [0.717, 1.165) is 0 Å². The van der Waals surface area contributed by atoms with E-state index in [1.54, 1.807) is 60.7 Å². The lowest BCUT2D eigenvalue weighted by molar-refractivity contribution is -0.118. The predicted octanol–water partition coefficient (Wildman–Crippen LogP) is 3.04. The number of nitrogens with one attached hydrogen (secondary N) is 3. The summed E-state index contributed by atoms with van der Waals surface area (Å²) in [5.41, 5.74) is 6.49. The van der Waals surface area contributed by atoms with Crippen molar-refractivity contribution < 1.29 is 23.5 Å². The van der Waals surface area contributed by atoms with Crippen LogP contribution in [0.3, 0.4) is 0 Å². The van der Waals surface area contributed by atoms with Crippen LogP contribution in [0.25, 0.3) is 0 Å². The van der Waals surface area contributed by atoms with Crippen molar-refractivity contribution in [3.05, 3.63) is 72.7 Å². The minimum absolute atomic E-state index is 0.184. The van der Waals surface area contributed by atoms with E-state index in [1.165, 1.54) is 6.26 Å². The first-order valence-electron chi connectivity index (χ1n) is 8.54.